The maximum absolute atomic E-state index is 15.3. The van der Waals surface area contributed by atoms with Gasteiger partial charge in [0.2, 0.25) is 100 Å². The number of guanidine groups is 3. The van der Waals surface area contributed by atoms with Crippen LogP contribution in [0.1, 0.15) is 239 Å². The quantitative estimate of drug-likeness (QED) is 0.0164. The Labute approximate surface area is 768 Å². The van der Waals surface area contributed by atoms with Gasteiger partial charge in [-0.25, -0.2) is 4.98 Å². The first-order valence-corrected chi connectivity index (χ1v) is 45.8. The highest BCUT2D eigenvalue weighted by Gasteiger charge is 2.44. The molecule has 17 amide bonds. The lowest BCUT2D eigenvalue weighted by atomic mass is 9.83. The van der Waals surface area contributed by atoms with Crippen molar-refractivity contribution in [3.63, 3.8) is 0 Å². The van der Waals surface area contributed by atoms with E-state index in [1.54, 1.807) is 0 Å². The van der Waals surface area contributed by atoms with Crippen LogP contribution in [0.2, 0.25) is 0 Å². The van der Waals surface area contributed by atoms with E-state index in [2.05, 4.69) is 94.1 Å². The molecule has 1 aliphatic heterocycles. The second-order valence-corrected chi connectivity index (χ2v) is 35.3. The smallest absolute Gasteiger partial charge is 0.248 e. The maximum atomic E-state index is 15.3. The second-order valence-electron chi connectivity index (χ2n) is 35.3. The number of hydrogen-bond donors (Lipinski definition) is 26. The Hall–Kier alpha value is -12.1. The van der Waals surface area contributed by atoms with E-state index in [-0.39, 0.29) is 152 Å². The first-order chi connectivity index (χ1) is 62.6. The molecule has 1 saturated heterocycles. The fraction of sp³-hybridized carbons (Fsp3) is 0.726. The Morgan fingerprint density at radius 3 is 1.27 bits per heavy atom. The molecule has 36 N–H and O–H groups in total. The van der Waals surface area contributed by atoms with Gasteiger partial charge in [-0.2, -0.15) is 0 Å². The molecule has 740 valence electrons. The summed E-state index contributed by atoms with van der Waals surface area (Å²) in [5.74, 6) is -16.8. The molecule has 0 aromatic carbocycles. The number of amides is 17. The Morgan fingerprint density at radius 2 is 0.848 bits per heavy atom. The van der Waals surface area contributed by atoms with Crippen LogP contribution in [0, 0.1) is 17.8 Å². The molecule has 132 heavy (non-hydrogen) atoms. The van der Waals surface area contributed by atoms with Crippen LogP contribution in [-0.2, 0) is 87.9 Å². The summed E-state index contributed by atoms with van der Waals surface area (Å²) >= 11 is 0. The van der Waals surface area contributed by atoms with Crippen LogP contribution in [0.15, 0.2) is 27.5 Å². The normalized spacial score (nSPS) is 17.8. The SMILES string of the molecule is CC(=O)N[C@@H](CO)C(=O)N1CCC[C@@H]1C(=O)N[C@@H](CCCN=C(N)N)C(=O)N[C@@H](Cc1cnc[nH]1)C(=O)N[C@@H](CC1CCCCC1)C(=O)N[C@@H](CC1CCCCC1)C(=O)N[C@@H](CC(N)=O)C(=O)N[C@@H](CCCCN)C(=O)NC(C)(C)C(=O)N[C@H](C(=O)N[C@@H](CCCN=C(N)N)C(=O)N[C@@H](CCC(N)=O)C(=O)N[C@@H](CCCN=C(N)N)C(=O)N[C@@H](CC1CCCCC1)C(N)=O)[C@@H](C)O. The van der Waals surface area contributed by atoms with Gasteiger partial charge in [0.1, 0.15) is 84.1 Å². The minimum atomic E-state index is -2.06. The number of aromatic nitrogens is 2. The molecular formula is C84H145N29O19. The summed E-state index contributed by atoms with van der Waals surface area (Å²) in [6, 6.07) is -19.5. The minimum absolute atomic E-state index is 0.000318. The maximum Gasteiger partial charge on any atom is 0.248 e. The van der Waals surface area contributed by atoms with Crippen LogP contribution in [0.4, 0.5) is 0 Å². The van der Waals surface area contributed by atoms with E-state index in [4.69, 9.17) is 57.3 Å². The van der Waals surface area contributed by atoms with Gasteiger partial charge >= 0.3 is 0 Å². The summed E-state index contributed by atoms with van der Waals surface area (Å²) < 4.78 is 0. The van der Waals surface area contributed by atoms with Gasteiger partial charge in [0.05, 0.1) is 25.5 Å². The molecule has 1 aromatic heterocycles. The highest BCUT2D eigenvalue weighted by Crippen LogP contribution is 2.31. The lowest BCUT2D eigenvalue weighted by Crippen LogP contribution is -2.64. The number of unbranched alkanes of at least 4 members (excludes halogenated alkanes) is 1. The van der Waals surface area contributed by atoms with E-state index in [0.29, 0.717) is 44.2 Å². The number of rotatable bonds is 58. The summed E-state index contributed by atoms with van der Waals surface area (Å²) in [5, 5.41) is 55.2. The Morgan fingerprint density at radius 1 is 0.455 bits per heavy atom. The number of imidazole rings is 1. The van der Waals surface area contributed by atoms with Gasteiger partial charge in [-0.15, -0.1) is 0 Å². The predicted octanol–water partition coefficient (Wildman–Crippen LogP) is -7.12. The summed E-state index contributed by atoms with van der Waals surface area (Å²) in [7, 11) is 0. The van der Waals surface area contributed by atoms with Gasteiger partial charge in [0.15, 0.2) is 17.9 Å². The summed E-state index contributed by atoms with van der Waals surface area (Å²) in [4.78, 5) is 260. The third-order valence-corrected chi connectivity index (χ3v) is 23.8. The van der Waals surface area contributed by atoms with Crippen molar-refractivity contribution in [2.24, 2.45) is 90.1 Å². The van der Waals surface area contributed by atoms with Crippen LogP contribution in [0.3, 0.4) is 0 Å². The molecule has 4 fully saturated rings. The van der Waals surface area contributed by atoms with E-state index in [1.165, 1.54) is 31.3 Å². The molecule has 0 unspecified atom stereocenters. The van der Waals surface area contributed by atoms with Gasteiger partial charge < -0.3 is 147 Å². The number of primary amides is 3. The van der Waals surface area contributed by atoms with Crippen LogP contribution < -0.4 is 126 Å². The molecule has 0 spiro atoms. The van der Waals surface area contributed by atoms with Crippen molar-refractivity contribution in [3.8, 4) is 0 Å². The Balaban J connectivity index is 1.40. The average Bonchev–Trinajstić information content (AvgIpc) is 1.20. The molecule has 14 atom stereocenters. The van der Waals surface area contributed by atoms with Crippen molar-refractivity contribution in [1.29, 1.82) is 0 Å². The topological polar surface area (TPSA) is 816 Å². The zero-order valence-electron chi connectivity index (χ0n) is 76.4. The van der Waals surface area contributed by atoms with Crippen molar-refractivity contribution in [1.82, 2.24) is 84.0 Å². The number of nitrogens with two attached hydrogens (primary N) is 10. The number of hydrogen-bond acceptors (Lipinski definition) is 24. The van der Waals surface area contributed by atoms with E-state index < -0.39 is 216 Å². The number of H-pyrrole nitrogens is 1. The van der Waals surface area contributed by atoms with Crippen LogP contribution in [0.25, 0.3) is 0 Å². The molecule has 1 aromatic rings. The van der Waals surface area contributed by atoms with E-state index in [0.717, 1.165) is 84.5 Å². The molecule has 3 saturated carbocycles. The zero-order valence-corrected chi connectivity index (χ0v) is 76.4. The summed E-state index contributed by atoms with van der Waals surface area (Å²) in [6.45, 7) is 4.05. The van der Waals surface area contributed by atoms with E-state index >= 15 is 14.4 Å². The van der Waals surface area contributed by atoms with Gasteiger partial charge in [-0.3, -0.25) is 96.5 Å². The van der Waals surface area contributed by atoms with Crippen LogP contribution in [0.5, 0.6) is 0 Å². The second kappa shape index (κ2) is 57.2. The monoisotopic (exact) mass is 1860 g/mol. The number of nitrogens with zero attached hydrogens (tertiary/aromatic N) is 5. The molecule has 2 heterocycles. The van der Waals surface area contributed by atoms with Gasteiger partial charge in [0.25, 0.3) is 0 Å². The third kappa shape index (κ3) is 39.9. The molecule has 48 nitrogen and oxygen atoms in total. The lowest BCUT2D eigenvalue weighted by Gasteiger charge is -2.32. The molecule has 5 rings (SSSR count). The number of likely N-dealkylation sites (tertiary alicyclic amines) is 1. The molecule has 0 bridgehead atoms. The van der Waals surface area contributed by atoms with E-state index in [1.807, 2.05) is 0 Å². The van der Waals surface area contributed by atoms with Crippen molar-refractivity contribution in [2.45, 2.75) is 330 Å². The molecule has 0 radical (unpaired) electrons. The standard InChI is InChI=1S/C84H145N29O19/c1-46(115)66(78(130)105-54(29-18-36-98-83(93)94)68(120)103-56(31-32-64(86)117)71(123)101-52(27-16-34-96-81(89)90)69(121)106-57(67(88)119)38-48-20-8-5-9-21-48)111-80(132)84(3,4)112-76(128)55(26-14-15-33-85)102-75(127)61(42-65(87)118)110-73(125)59(40-50-24-12-7-13-25-50)107-72(124)58(39-49-22-10-6-11-23-49)108-74(126)60(41-51-43-95-45-99-51)109-70(122)53(28-17-35-97-82(91)92)104-77(129)63-30-19-37-113(63)79(131)62(44-114)100-47(2)116/h43,45-46,48-50,52-63,66,114-115H,5-42,44,85H2,1-4H3,(H2,86,117)(H2,87,118)(H2,88,119)(H,95,99)(H,100,116)(H,101,123)(H,102,127)(H,103,120)(H,104,129)(H,105,130)(H,106,121)(H,107,124)(H,108,126)(H,109,122)(H,110,125)(H,111,132)(H,112,128)(H4,89,90,96)(H4,91,92,97)(H4,93,94,98)/t46-,52+,53+,54+,55+,56+,57+,58+,59+,60+,61+,62+,63-,66+/m1/s1. The highest BCUT2D eigenvalue weighted by molar-refractivity contribution is 6.02. The van der Waals surface area contributed by atoms with Crippen molar-refractivity contribution >= 4 is 118 Å². The number of aliphatic imine (C=N–C) groups is 3. The zero-order chi connectivity index (χ0) is 97.7. The Bertz CT molecular complexity index is 4080. The van der Waals surface area contributed by atoms with Crippen molar-refractivity contribution in [2.75, 3.05) is 39.3 Å². The number of carbonyl (C=O) groups excluding carboxylic acids is 17. The third-order valence-electron chi connectivity index (χ3n) is 23.8. The highest BCUT2D eigenvalue weighted by atomic mass is 16.3. The molecule has 48 heteroatoms. The first kappa shape index (κ1) is 110. The molecule has 3 aliphatic carbocycles. The van der Waals surface area contributed by atoms with Crippen molar-refractivity contribution in [3.05, 3.63) is 18.2 Å². The lowest BCUT2D eigenvalue weighted by molar-refractivity contribution is -0.143. The molecule has 4 aliphatic rings. The largest absolute Gasteiger partial charge is 0.394 e. The number of aliphatic hydroxyl groups excluding tert-OH is 2. The van der Waals surface area contributed by atoms with Gasteiger partial charge in [0, 0.05) is 57.8 Å². The minimum Gasteiger partial charge on any atom is -0.394 e. The number of aliphatic hydroxyl groups is 2. The Kier molecular flexibility index (Phi) is 47.9. The van der Waals surface area contributed by atoms with Gasteiger partial charge in [-0.05, 0) is 141 Å². The van der Waals surface area contributed by atoms with Crippen LogP contribution in [-0.4, -0.2) is 273 Å². The summed E-state index contributed by atoms with van der Waals surface area (Å²) in [5.41, 5.74) is 54.7. The predicted molar refractivity (Wildman–Crippen MR) is 485 cm³/mol. The number of carbonyl (C=O) groups is 17. The fourth-order valence-electron chi connectivity index (χ4n) is 16.7. The van der Waals surface area contributed by atoms with E-state index in [9.17, 15) is 77.3 Å². The fourth-order valence-corrected chi connectivity index (χ4v) is 16.7. The summed E-state index contributed by atoms with van der Waals surface area (Å²) in [6.07, 6.45) is 11.7. The molecular weight excluding hydrogens is 1720 g/mol. The number of aromatic amines is 1. The van der Waals surface area contributed by atoms with Gasteiger partial charge in [-0.1, -0.05) is 96.3 Å². The van der Waals surface area contributed by atoms with Crippen molar-refractivity contribution < 1.29 is 91.7 Å². The number of nitrogens with one attached hydrogen (secondary N) is 14. The van der Waals surface area contributed by atoms with Crippen LogP contribution >= 0.6 is 0 Å². The average molecular weight is 1870 g/mol. The first-order valence-electron chi connectivity index (χ1n) is 45.8.